The molecule has 1 aromatic carbocycles. The smallest absolute Gasteiger partial charge is 0.409 e. The highest BCUT2D eigenvalue weighted by molar-refractivity contribution is 7.22. The lowest BCUT2D eigenvalue weighted by Gasteiger charge is -2.33. The molecular weight excluding hydrogens is 368 g/mol. The van der Waals surface area contributed by atoms with E-state index < -0.39 is 0 Å². The number of anilines is 1. The molecule has 1 fully saturated rings. The highest BCUT2D eigenvalue weighted by Crippen LogP contribution is 2.29. The summed E-state index contributed by atoms with van der Waals surface area (Å²) < 4.78 is 11.5. The van der Waals surface area contributed by atoms with Gasteiger partial charge < -0.3 is 19.7 Å². The van der Waals surface area contributed by atoms with Crippen molar-refractivity contribution in [2.45, 2.75) is 13.8 Å². The number of carbonyl (C=O) groups excluding carboxylic acids is 2. The van der Waals surface area contributed by atoms with Crippen LogP contribution in [-0.4, -0.2) is 72.7 Å². The van der Waals surface area contributed by atoms with E-state index in [1.54, 1.807) is 11.8 Å². The molecule has 2 amide bonds. The Balaban J connectivity index is 1.51. The van der Waals surface area contributed by atoms with Gasteiger partial charge in [0, 0.05) is 26.2 Å². The van der Waals surface area contributed by atoms with Crippen LogP contribution >= 0.6 is 11.3 Å². The predicted octanol–water partition coefficient (Wildman–Crippen LogP) is 2.41. The van der Waals surface area contributed by atoms with Crippen LogP contribution in [-0.2, 0) is 9.53 Å². The molecule has 1 N–H and O–H groups in total. The maximum absolute atomic E-state index is 12.3. The summed E-state index contributed by atoms with van der Waals surface area (Å²) in [4.78, 5) is 32.2. The van der Waals surface area contributed by atoms with Crippen LogP contribution in [0.5, 0.6) is 5.75 Å². The zero-order valence-corrected chi connectivity index (χ0v) is 16.4. The Morgan fingerprint density at radius 2 is 1.96 bits per heavy atom. The van der Waals surface area contributed by atoms with Gasteiger partial charge >= 0.3 is 6.09 Å². The van der Waals surface area contributed by atoms with E-state index in [0.29, 0.717) is 44.5 Å². The number of rotatable bonds is 6. The number of amides is 2. The monoisotopic (exact) mass is 392 g/mol. The van der Waals surface area contributed by atoms with Crippen LogP contribution in [0.4, 0.5) is 9.93 Å². The fourth-order valence-electron chi connectivity index (χ4n) is 2.88. The van der Waals surface area contributed by atoms with E-state index in [0.717, 1.165) is 16.0 Å². The summed E-state index contributed by atoms with van der Waals surface area (Å²) in [5.41, 5.74) is 0.835. The number of thiazole rings is 1. The van der Waals surface area contributed by atoms with Gasteiger partial charge in [0.1, 0.15) is 5.75 Å². The van der Waals surface area contributed by atoms with Crippen LogP contribution in [0.3, 0.4) is 0 Å². The summed E-state index contributed by atoms with van der Waals surface area (Å²) in [6, 6.07) is 5.70. The molecular formula is C18H24N4O4S. The molecule has 0 bridgehead atoms. The number of fused-ring (bicyclic) bond motifs is 1. The van der Waals surface area contributed by atoms with E-state index in [-0.39, 0.29) is 18.5 Å². The summed E-state index contributed by atoms with van der Waals surface area (Å²) in [6.45, 7) is 7.39. The Kier molecular flexibility index (Phi) is 6.46. The topological polar surface area (TPSA) is 84.0 Å². The Bertz CT molecular complexity index is 802. The Hall–Kier alpha value is -2.39. The first-order valence-corrected chi connectivity index (χ1v) is 9.88. The molecule has 1 aliphatic rings. The molecule has 0 spiro atoms. The van der Waals surface area contributed by atoms with Gasteiger partial charge in [0.25, 0.3) is 0 Å². The van der Waals surface area contributed by atoms with Crippen molar-refractivity contribution in [2.24, 2.45) is 0 Å². The molecule has 0 radical (unpaired) electrons. The van der Waals surface area contributed by atoms with Gasteiger partial charge in [0.05, 0.1) is 30.0 Å². The second kappa shape index (κ2) is 9.01. The SMILES string of the molecule is CCOC(=O)N1CCN(CC(=O)Nc2nc3ccc(OCC)cc3s2)CC1. The fourth-order valence-corrected chi connectivity index (χ4v) is 3.79. The largest absolute Gasteiger partial charge is 0.494 e. The van der Waals surface area contributed by atoms with Gasteiger partial charge in [-0.3, -0.25) is 9.69 Å². The zero-order valence-electron chi connectivity index (χ0n) is 15.6. The van der Waals surface area contributed by atoms with Crippen LogP contribution in [0.15, 0.2) is 18.2 Å². The number of aromatic nitrogens is 1. The van der Waals surface area contributed by atoms with Gasteiger partial charge in [0.15, 0.2) is 5.13 Å². The molecule has 0 atom stereocenters. The molecule has 1 saturated heterocycles. The lowest BCUT2D eigenvalue weighted by molar-refractivity contribution is -0.117. The van der Waals surface area contributed by atoms with Gasteiger partial charge in [0.2, 0.25) is 5.91 Å². The minimum absolute atomic E-state index is 0.108. The van der Waals surface area contributed by atoms with Crippen molar-refractivity contribution in [3.05, 3.63) is 18.2 Å². The number of hydrogen-bond acceptors (Lipinski definition) is 7. The third kappa shape index (κ3) is 5.08. The molecule has 9 heteroatoms. The van der Waals surface area contributed by atoms with Crippen LogP contribution < -0.4 is 10.1 Å². The molecule has 2 aromatic rings. The molecule has 27 heavy (non-hydrogen) atoms. The number of carbonyl (C=O) groups is 2. The van der Waals surface area contributed by atoms with Gasteiger partial charge in [-0.05, 0) is 32.0 Å². The van der Waals surface area contributed by atoms with E-state index >= 15 is 0 Å². The molecule has 0 saturated carbocycles. The first-order valence-electron chi connectivity index (χ1n) is 9.06. The third-order valence-corrected chi connectivity index (χ3v) is 5.12. The first kappa shape index (κ1) is 19.4. The molecule has 1 aromatic heterocycles. The van der Waals surface area contributed by atoms with Gasteiger partial charge in [-0.1, -0.05) is 11.3 Å². The minimum atomic E-state index is -0.289. The second-order valence-electron chi connectivity index (χ2n) is 6.09. The highest BCUT2D eigenvalue weighted by atomic mass is 32.1. The summed E-state index contributed by atoms with van der Waals surface area (Å²) in [5.74, 6) is 0.690. The number of nitrogens with zero attached hydrogens (tertiary/aromatic N) is 3. The van der Waals surface area contributed by atoms with Crippen molar-refractivity contribution in [3.8, 4) is 5.75 Å². The lowest BCUT2D eigenvalue weighted by Crippen LogP contribution is -2.50. The molecule has 3 rings (SSSR count). The summed E-state index contributed by atoms with van der Waals surface area (Å²) in [5, 5.41) is 3.44. The summed E-state index contributed by atoms with van der Waals surface area (Å²) in [6.07, 6.45) is -0.289. The predicted molar refractivity (Wildman–Crippen MR) is 104 cm³/mol. The number of ether oxygens (including phenoxy) is 2. The normalized spacial score (nSPS) is 15.0. The van der Waals surface area contributed by atoms with Crippen LogP contribution in [0, 0.1) is 0 Å². The van der Waals surface area contributed by atoms with Crippen molar-refractivity contribution >= 4 is 38.7 Å². The van der Waals surface area contributed by atoms with Crippen LogP contribution in [0.2, 0.25) is 0 Å². The van der Waals surface area contributed by atoms with E-state index in [2.05, 4.69) is 10.3 Å². The van der Waals surface area contributed by atoms with Crippen LogP contribution in [0.1, 0.15) is 13.8 Å². The Morgan fingerprint density at radius 1 is 1.19 bits per heavy atom. The molecule has 2 heterocycles. The Labute approximate surface area is 162 Å². The van der Waals surface area contributed by atoms with Crippen molar-refractivity contribution < 1.29 is 19.1 Å². The fraction of sp³-hybridized carbons (Fsp3) is 0.500. The Morgan fingerprint density at radius 3 is 2.67 bits per heavy atom. The minimum Gasteiger partial charge on any atom is -0.494 e. The quantitative estimate of drug-likeness (QED) is 0.813. The molecule has 8 nitrogen and oxygen atoms in total. The molecule has 0 unspecified atom stereocenters. The second-order valence-corrected chi connectivity index (χ2v) is 7.12. The van der Waals surface area contributed by atoms with Gasteiger partial charge in [-0.25, -0.2) is 9.78 Å². The van der Waals surface area contributed by atoms with Crippen molar-refractivity contribution in [2.75, 3.05) is 51.3 Å². The van der Waals surface area contributed by atoms with Gasteiger partial charge in [-0.2, -0.15) is 0 Å². The molecule has 146 valence electrons. The van der Waals surface area contributed by atoms with Gasteiger partial charge in [-0.15, -0.1) is 0 Å². The average molecular weight is 392 g/mol. The van der Waals surface area contributed by atoms with Crippen molar-refractivity contribution in [3.63, 3.8) is 0 Å². The van der Waals surface area contributed by atoms with Crippen molar-refractivity contribution in [1.82, 2.24) is 14.8 Å². The van der Waals surface area contributed by atoms with E-state index in [1.807, 2.05) is 30.0 Å². The summed E-state index contributed by atoms with van der Waals surface area (Å²) >= 11 is 1.43. The maximum Gasteiger partial charge on any atom is 0.409 e. The maximum atomic E-state index is 12.3. The van der Waals surface area contributed by atoms with E-state index in [1.165, 1.54) is 11.3 Å². The standard InChI is InChI=1S/C18H24N4O4S/c1-3-25-13-5-6-14-15(11-13)27-17(19-14)20-16(23)12-21-7-9-22(10-8-21)18(24)26-4-2/h5-6,11H,3-4,7-10,12H2,1-2H3,(H,19,20,23). The third-order valence-electron chi connectivity index (χ3n) is 4.18. The van der Waals surface area contributed by atoms with E-state index in [9.17, 15) is 9.59 Å². The number of hydrogen-bond donors (Lipinski definition) is 1. The van der Waals surface area contributed by atoms with Crippen LogP contribution in [0.25, 0.3) is 10.2 Å². The number of benzene rings is 1. The zero-order chi connectivity index (χ0) is 19.2. The lowest BCUT2D eigenvalue weighted by atomic mass is 10.3. The van der Waals surface area contributed by atoms with Crippen molar-refractivity contribution in [1.29, 1.82) is 0 Å². The number of nitrogens with one attached hydrogen (secondary N) is 1. The average Bonchev–Trinajstić information content (AvgIpc) is 3.04. The highest BCUT2D eigenvalue weighted by Gasteiger charge is 2.23. The molecule has 0 aliphatic carbocycles. The first-order chi connectivity index (χ1) is 13.1. The molecule has 1 aliphatic heterocycles. The number of piperazine rings is 1. The summed E-state index contributed by atoms with van der Waals surface area (Å²) in [7, 11) is 0. The van der Waals surface area contributed by atoms with E-state index in [4.69, 9.17) is 9.47 Å².